The van der Waals surface area contributed by atoms with Gasteiger partial charge in [0.2, 0.25) is 0 Å². The number of aliphatic hydroxyl groups excluding tert-OH is 1. The number of hydrogen-bond donors (Lipinski definition) is 2. The van der Waals surface area contributed by atoms with E-state index < -0.39 is 18.1 Å². The summed E-state index contributed by atoms with van der Waals surface area (Å²) in [5, 5.41) is 22.4. The Kier molecular flexibility index (Phi) is 5.97. The molecule has 0 saturated carbocycles. The Bertz CT molecular complexity index is 902. The van der Waals surface area contributed by atoms with Crippen molar-refractivity contribution in [3.63, 3.8) is 0 Å². The number of likely N-dealkylation sites (tertiary alicyclic amines) is 1. The maximum atomic E-state index is 12.8. The van der Waals surface area contributed by atoms with Crippen molar-refractivity contribution in [1.82, 2.24) is 4.90 Å². The van der Waals surface area contributed by atoms with Gasteiger partial charge >= 0.3 is 6.03 Å². The number of carbonyl (C=O) groups is 1. The number of amides is 2. The maximum Gasteiger partial charge on any atom is 0.323 e. The number of ether oxygens (including phenoxy) is 1. The van der Waals surface area contributed by atoms with E-state index in [0.29, 0.717) is 11.4 Å². The van der Waals surface area contributed by atoms with Gasteiger partial charge in [-0.2, -0.15) is 5.26 Å². The molecule has 28 heavy (non-hydrogen) atoms. The largest absolute Gasteiger partial charge is 0.497 e. The lowest BCUT2D eigenvalue weighted by Gasteiger charge is -2.51. The smallest absolute Gasteiger partial charge is 0.323 e. The van der Waals surface area contributed by atoms with E-state index in [1.54, 1.807) is 31.4 Å². The zero-order valence-corrected chi connectivity index (χ0v) is 15.9. The fraction of sp³-hybridized carbons (Fsp3) is 0.273. The lowest BCUT2D eigenvalue weighted by molar-refractivity contribution is 0.0223. The summed E-state index contributed by atoms with van der Waals surface area (Å²) >= 11 is 0. The fourth-order valence-corrected chi connectivity index (χ4v) is 3.67. The molecule has 3 atom stereocenters. The van der Waals surface area contributed by atoms with Crippen LogP contribution in [0, 0.1) is 11.3 Å². The summed E-state index contributed by atoms with van der Waals surface area (Å²) in [4.78, 5) is 14.2. The van der Waals surface area contributed by atoms with Gasteiger partial charge in [-0.05, 0) is 42.3 Å². The minimum Gasteiger partial charge on any atom is -0.497 e. The van der Waals surface area contributed by atoms with Crippen LogP contribution in [0.1, 0.15) is 24.0 Å². The van der Waals surface area contributed by atoms with Crippen molar-refractivity contribution in [3.8, 4) is 11.8 Å². The average Bonchev–Trinajstić information content (AvgIpc) is 2.70. The molecule has 0 unspecified atom stereocenters. The van der Waals surface area contributed by atoms with Crippen molar-refractivity contribution in [2.24, 2.45) is 0 Å². The second-order valence-corrected chi connectivity index (χ2v) is 6.54. The van der Waals surface area contributed by atoms with Gasteiger partial charge in [0, 0.05) is 11.6 Å². The SMILES string of the molecule is C/C=C/c1ccccc1[C@H]1[C@@H](CO)N(C(=O)Nc2ccc(OC)cc2)[C@H]1C#N. The zero-order chi connectivity index (χ0) is 20.1. The molecule has 0 bridgehead atoms. The van der Waals surface area contributed by atoms with Crippen LogP contribution in [0.2, 0.25) is 0 Å². The highest BCUT2D eigenvalue weighted by molar-refractivity contribution is 5.91. The van der Waals surface area contributed by atoms with Gasteiger partial charge in [0.05, 0.1) is 25.8 Å². The molecule has 1 aliphatic rings. The summed E-state index contributed by atoms with van der Waals surface area (Å²) in [7, 11) is 1.57. The van der Waals surface area contributed by atoms with Crippen LogP contribution in [0.3, 0.4) is 0 Å². The Morgan fingerprint density at radius 3 is 2.61 bits per heavy atom. The van der Waals surface area contributed by atoms with Crippen LogP contribution < -0.4 is 10.1 Å². The van der Waals surface area contributed by atoms with Gasteiger partial charge in [-0.15, -0.1) is 0 Å². The summed E-state index contributed by atoms with van der Waals surface area (Å²) in [6, 6.07) is 15.4. The lowest BCUT2D eigenvalue weighted by atomic mass is 9.74. The second-order valence-electron chi connectivity index (χ2n) is 6.54. The van der Waals surface area contributed by atoms with E-state index in [-0.39, 0.29) is 12.5 Å². The lowest BCUT2D eigenvalue weighted by Crippen LogP contribution is -2.66. The third-order valence-electron chi connectivity index (χ3n) is 5.01. The molecule has 6 nitrogen and oxygen atoms in total. The van der Waals surface area contributed by atoms with Crippen LogP contribution in [0.15, 0.2) is 54.6 Å². The number of nitrogens with one attached hydrogen (secondary N) is 1. The Labute approximate surface area is 164 Å². The number of allylic oxidation sites excluding steroid dienone is 1. The fourth-order valence-electron chi connectivity index (χ4n) is 3.67. The van der Waals surface area contributed by atoms with Crippen LogP contribution >= 0.6 is 0 Å². The Hall–Kier alpha value is -3.30. The minimum atomic E-state index is -0.651. The number of rotatable bonds is 5. The normalized spacial score (nSPS) is 21.1. The predicted octanol–water partition coefficient (Wildman–Crippen LogP) is 3.61. The Morgan fingerprint density at radius 2 is 2.00 bits per heavy atom. The van der Waals surface area contributed by atoms with Gasteiger partial charge in [0.25, 0.3) is 0 Å². The molecule has 1 aliphatic heterocycles. The summed E-state index contributed by atoms with van der Waals surface area (Å²) in [6.07, 6.45) is 3.90. The minimum absolute atomic E-state index is 0.219. The van der Waals surface area contributed by atoms with Crippen molar-refractivity contribution in [1.29, 1.82) is 5.26 Å². The third-order valence-corrected chi connectivity index (χ3v) is 5.01. The first kappa shape index (κ1) is 19.5. The number of nitrogens with zero attached hydrogens (tertiary/aromatic N) is 2. The highest BCUT2D eigenvalue weighted by Gasteiger charge is 2.52. The molecule has 0 aromatic heterocycles. The molecule has 1 fully saturated rings. The molecule has 6 heteroatoms. The molecule has 0 aliphatic carbocycles. The quantitative estimate of drug-likeness (QED) is 0.833. The number of carbonyl (C=O) groups excluding carboxylic acids is 1. The molecular formula is C22H23N3O3. The van der Waals surface area contributed by atoms with Crippen LogP contribution in [-0.4, -0.2) is 41.8 Å². The number of aliphatic hydroxyl groups is 1. The van der Waals surface area contributed by atoms with E-state index in [4.69, 9.17) is 4.74 Å². The molecule has 2 aromatic rings. The first-order valence-corrected chi connectivity index (χ1v) is 9.10. The van der Waals surface area contributed by atoms with Gasteiger partial charge < -0.3 is 20.1 Å². The molecule has 0 spiro atoms. The number of benzene rings is 2. The number of urea groups is 1. The highest BCUT2D eigenvalue weighted by atomic mass is 16.5. The van der Waals surface area contributed by atoms with E-state index >= 15 is 0 Å². The van der Waals surface area contributed by atoms with Crippen molar-refractivity contribution in [3.05, 3.63) is 65.7 Å². The number of anilines is 1. The van der Waals surface area contributed by atoms with E-state index in [9.17, 15) is 15.2 Å². The van der Waals surface area contributed by atoms with Crippen LogP contribution in [0.5, 0.6) is 5.75 Å². The average molecular weight is 377 g/mol. The molecule has 2 aromatic carbocycles. The van der Waals surface area contributed by atoms with Crippen LogP contribution in [0.25, 0.3) is 6.08 Å². The first-order chi connectivity index (χ1) is 13.6. The van der Waals surface area contributed by atoms with Gasteiger partial charge in [-0.3, -0.25) is 0 Å². The summed E-state index contributed by atoms with van der Waals surface area (Å²) < 4.78 is 5.11. The number of nitriles is 1. The van der Waals surface area contributed by atoms with E-state index in [2.05, 4.69) is 11.4 Å². The standard InChI is InChI=1S/C22H23N3O3/c1-3-6-15-7-4-5-8-18(15)21-19(13-23)25(20(21)14-26)22(27)24-16-9-11-17(28-2)12-10-16/h3-12,19-21,26H,14H2,1-2H3,(H,24,27)/b6-3+/t19-,20+,21+/m0/s1. The van der Waals surface area contributed by atoms with E-state index in [0.717, 1.165) is 11.1 Å². The molecule has 0 radical (unpaired) electrons. The molecule has 2 N–H and O–H groups in total. The maximum absolute atomic E-state index is 12.8. The molecule has 2 amide bonds. The van der Waals surface area contributed by atoms with Gasteiger partial charge in [0.15, 0.2) is 0 Å². The molecular weight excluding hydrogens is 354 g/mol. The number of methoxy groups -OCH3 is 1. The van der Waals surface area contributed by atoms with Gasteiger partial charge in [-0.1, -0.05) is 36.4 Å². The van der Waals surface area contributed by atoms with Crippen LogP contribution in [0.4, 0.5) is 10.5 Å². The molecule has 1 saturated heterocycles. The van der Waals surface area contributed by atoms with Crippen molar-refractivity contribution in [2.75, 3.05) is 19.0 Å². The molecule has 3 rings (SSSR count). The van der Waals surface area contributed by atoms with Crippen molar-refractivity contribution in [2.45, 2.75) is 24.9 Å². The molecule has 144 valence electrons. The Morgan fingerprint density at radius 1 is 1.29 bits per heavy atom. The predicted molar refractivity (Wildman–Crippen MR) is 108 cm³/mol. The highest BCUT2D eigenvalue weighted by Crippen LogP contribution is 2.42. The topological polar surface area (TPSA) is 85.6 Å². The van der Waals surface area contributed by atoms with E-state index in [1.807, 2.05) is 43.3 Å². The third kappa shape index (κ3) is 3.57. The number of hydrogen-bond acceptors (Lipinski definition) is 4. The summed E-state index contributed by atoms with van der Waals surface area (Å²) in [5.74, 6) is 0.440. The van der Waals surface area contributed by atoms with E-state index in [1.165, 1.54) is 4.90 Å². The monoisotopic (exact) mass is 377 g/mol. The van der Waals surface area contributed by atoms with Crippen molar-refractivity contribution >= 4 is 17.8 Å². The van der Waals surface area contributed by atoms with Gasteiger partial charge in [0.1, 0.15) is 11.8 Å². The van der Waals surface area contributed by atoms with Gasteiger partial charge in [-0.25, -0.2) is 4.79 Å². The molecule has 1 heterocycles. The zero-order valence-electron chi connectivity index (χ0n) is 15.9. The van der Waals surface area contributed by atoms with Crippen molar-refractivity contribution < 1.29 is 14.6 Å². The first-order valence-electron chi connectivity index (χ1n) is 9.10. The second kappa shape index (κ2) is 8.59. The summed E-state index contributed by atoms with van der Waals surface area (Å²) in [6.45, 7) is 1.71. The Balaban J connectivity index is 1.83. The summed E-state index contributed by atoms with van der Waals surface area (Å²) in [5.41, 5.74) is 2.54. The van der Waals surface area contributed by atoms with Crippen LogP contribution in [-0.2, 0) is 0 Å².